The van der Waals surface area contributed by atoms with E-state index in [-0.39, 0.29) is 17.9 Å². The second-order valence-corrected chi connectivity index (χ2v) is 8.42. The second kappa shape index (κ2) is 9.30. The zero-order chi connectivity index (χ0) is 24.6. The minimum atomic E-state index is -4.94. The maximum atomic E-state index is 14.1. The molecule has 0 spiro atoms. The average Bonchev–Trinajstić information content (AvgIpc) is 3.42. The Balaban J connectivity index is 1.61. The number of halogens is 4. The highest BCUT2D eigenvalue weighted by molar-refractivity contribution is 5.92. The molecule has 0 aromatic heterocycles. The molecule has 0 radical (unpaired) electrons. The number of hydrogen-bond acceptors (Lipinski definition) is 5. The molecule has 2 aromatic rings. The number of urea groups is 1. The van der Waals surface area contributed by atoms with Crippen molar-refractivity contribution in [3.8, 4) is 5.75 Å². The third-order valence-corrected chi connectivity index (χ3v) is 6.23. The molecule has 0 saturated carbocycles. The molecule has 34 heavy (non-hydrogen) atoms. The van der Waals surface area contributed by atoms with Crippen LogP contribution in [0.3, 0.4) is 0 Å². The summed E-state index contributed by atoms with van der Waals surface area (Å²) in [6.45, 7) is 1.25. The van der Waals surface area contributed by atoms with Crippen molar-refractivity contribution in [3.63, 3.8) is 0 Å². The van der Waals surface area contributed by atoms with Crippen molar-refractivity contribution in [2.24, 2.45) is 0 Å². The summed E-state index contributed by atoms with van der Waals surface area (Å²) in [5, 5.41) is 25.5. The fourth-order valence-corrected chi connectivity index (χ4v) is 4.57. The first kappa shape index (κ1) is 24.1. The van der Waals surface area contributed by atoms with E-state index in [1.807, 2.05) is 4.90 Å². The Labute approximate surface area is 193 Å². The van der Waals surface area contributed by atoms with Crippen molar-refractivity contribution < 1.29 is 37.3 Å². The van der Waals surface area contributed by atoms with Gasteiger partial charge < -0.3 is 30.5 Å². The van der Waals surface area contributed by atoms with E-state index < -0.39 is 41.8 Å². The predicted octanol–water partition coefficient (Wildman–Crippen LogP) is 3.81. The van der Waals surface area contributed by atoms with Gasteiger partial charge in [0.25, 0.3) is 0 Å². The Kier molecular flexibility index (Phi) is 6.59. The third kappa shape index (κ3) is 4.62. The van der Waals surface area contributed by atoms with E-state index in [1.165, 1.54) is 24.3 Å². The zero-order valence-corrected chi connectivity index (χ0v) is 18.3. The summed E-state index contributed by atoms with van der Waals surface area (Å²) in [4.78, 5) is 14.6. The standard InChI is InChI=1S/C23H25F4N3O4/c1-34-20-15(21(32)23(25,26)27)9-12(30-7-2-3-8-30)10-18(20)29-22(33)28-17-11-14-13(19(17)31)5-4-6-16(14)24/h4-6,9-10,17,19,21,31-32H,2-3,7-8,11H2,1H3,(H2,28,29,33)/t17-,19?,21?/m1/s1. The van der Waals surface area contributed by atoms with Gasteiger partial charge in [-0.1, -0.05) is 12.1 Å². The molecule has 184 valence electrons. The predicted molar refractivity (Wildman–Crippen MR) is 116 cm³/mol. The summed E-state index contributed by atoms with van der Waals surface area (Å²) in [6.07, 6.45) is -7.12. The molecular formula is C23H25F4N3O4. The summed E-state index contributed by atoms with van der Waals surface area (Å²) in [5.41, 5.74) is 0.477. The first-order valence-corrected chi connectivity index (χ1v) is 10.8. The zero-order valence-electron chi connectivity index (χ0n) is 18.3. The molecule has 3 atom stereocenters. The highest BCUT2D eigenvalue weighted by Gasteiger charge is 2.42. The maximum absolute atomic E-state index is 14.1. The number of methoxy groups -OCH3 is 1. The molecule has 2 unspecified atom stereocenters. The average molecular weight is 483 g/mol. The van der Waals surface area contributed by atoms with Gasteiger partial charge in [-0.25, -0.2) is 9.18 Å². The summed E-state index contributed by atoms with van der Waals surface area (Å²) >= 11 is 0. The maximum Gasteiger partial charge on any atom is 0.418 e. The number of benzene rings is 2. The van der Waals surface area contributed by atoms with Crippen molar-refractivity contribution in [1.82, 2.24) is 5.32 Å². The Hall–Kier alpha value is -3.05. The number of carbonyl (C=O) groups excluding carboxylic acids is 1. The number of nitrogens with one attached hydrogen (secondary N) is 2. The van der Waals surface area contributed by atoms with Gasteiger partial charge in [0.15, 0.2) is 6.10 Å². The molecule has 0 bridgehead atoms. The van der Waals surface area contributed by atoms with Gasteiger partial charge in [-0.2, -0.15) is 13.2 Å². The number of amides is 2. The van der Waals surface area contributed by atoms with Crippen LogP contribution in [0, 0.1) is 5.82 Å². The SMILES string of the molecule is COc1c(NC(=O)N[C@@H]2Cc3c(F)cccc3C2O)cc(N2CCCC2)cc1C(O)C(F)(F)F. The lowest BCUT2D eigenvalue weighted by Crippen LogP contribution is -2.40. The van der Waals surface area contributed by atoms with Gasteiger partial charge >= 0.3 is 12.2 Å². The highest BCUT2D eigenvalue weighted by atomic mass is 19.4. The molecule has 2 aliphatic rings. The number of rotatable bonds is 5. The van der Waals surface area contributed by atoms with Gasteiger partial charge in [-0.15, -0.1) is 0 Å². The van der Waals surface area contributed by atoms with Crippen molar-refractivity contribution in [2.75, 3.05) is 30.4 Å². The summed E-state index contributed by atoms with van der Waals surface area (Å²) in [6, 6.07) is 5.33. The lowest BCUT2D eigenvalue weighted by Gasteiger charge is -2.25. The number of fused-ring (bicyclic) bond motifs is 1. The van der Waals surface area contributed by atoms with Gasteiger partial charge in [0, 0.05) is 24.3 Å². The van der Waals surface area contributed by atoms with Crippen LogP contribution >= 0.6 is 0 Å². The van der Waals surface area contributed by atoms with Crippen LogP contribution in [0.5, 0.6) is 5.75 Å². The Morgan fingerprint density at radius 2 is 1.94 bits per heavy atom. The lowest BCUT2D eigenvalue weighted by atomic mass is 10.0. The highest BCUT2D eigenvalue weighted by Crippen LogP contribution is 2.43. The summed E-state index contributed by atoms with van der Waals surface area (Å²) < 4.78 is 59.3. The van der Waals surface area contributed by atoms with Crippen LogP contribution in [0.15, 0.2) is 30.3 Å². The quantitative estimate of drug-likeness (QED) is 0.486. The van der Waals surface area contributed by atoms with Crippen LogP contribution in [-0.4, -0.2) is 48.7 Å². The van der Waals surface area contributed by atoms with Crippen molar-refractivity contribution >= 4 is 17.4 Å². The normalized spacial score (nSPS) is 20.7. The molecule has 2 aromatic carbocycles. The molecular weight excluding hydrogens is 458 g/mol. The number of alkyl halides is 3. The van der Waals surface area contributed by atoms with E-state index in [2.05, 4.69) is 10.6 Å². The molecule has 4 rings (SSSR count). The number of aliphatic hydroxyl groups excluding tert-OH is 2. The number of hydrogen-bond donors (Lipinski definition) is 4. The Morgan fingerprint density at radius 1 is 1.24 bits per heavy atom. The summed E-state index contributed by atoms with van der Waals surface area (Å²) in [5.74, 6) is -0.823. The van der Waals surface area contributed by atoms with Gasteiger partial charge in [0.05, 0.1) is 24.9 Å². The van der Waals surface area contributed by atoms with Crippen molar-refractivity contribution in [1.29, 1.82) is 0 Å². The molecule has 1 saturated heterocycles. The van der Waals surface area contributed by atoms with Gasteiger partial charge in [0.1, 0.15) is 11.6 Å². The van der Waals surface area contributed by atoms with E-state index in [9.17, 15) is 32.6 Å². The second-order valence-electron chi connectivity index (χ2n) is 8.42. The van der Waals surface area contributed by atoms with E-state index in [0.29, 0.717) is 29.9 Å². The number of anilines is 2. The summed E-state index contributed by atoms with van der Waals surface area (Å²) in [7, 11) is 1.14. The Morgan fingerprint density at radius 3 is 2.56 bits per heavy atom. The van der Waals surface area contributed by atoms with Gasteiger partial charge in [-0.05, 0) is 48.6 Å². The van der Waals surface area contributed by atoms with Crippen molar-refractivity contribution in [2.45, 2.75) is 43.7 Å². The minimum Gasteiger partial charge on any atom is -0.494 e. The molecule has 11 heteroatoms. The van der Waals surface area contributed by atoms with Crippen LogP contribution in [0.25, 0.3) is 0 Å². The molecule has 1 aliphatic carbocycles. The van der Waals surface area contributed by atoms with Crippen LogP contribution in [-0.2, 0) is 6.42 Å². The molecule has 1 heterocycles. The van der Waals surface area contributed by atoms with E-state index in [4.69, 9.17) is 4.74 Å². The van der Waals surface area contributed by atoms with Crippen LogP contribution < -0.4 is 20.3 Å². The van der Waals surface area contributed by atoms with Crippen LogP contribution in [0.4, 0.5) is 33.7 Å². The number of ether oxygens (including phenoxy) is 1. The smallest absolute Gasteiger partial charge is 0.418 e. The molecule has 2 amide bonds. The van der Waals surface area contributed by atoms with Gasteiger partial charge in [-0.3, -0.25) is 0 Å². The van der Waals surface area contributed by atoms with Crippen LogP contribution in [0.1, 0.15) is 41.7 Å². The number of carbonyl (C=O) groups is 1. The third-order valence-electron chi connectivity index (χ3n) is 6.23. The minimum absolute atomic E-state index is 0.0551. The molecule has 4 N–H and O–H groups in total. The van der Waals surface area contributed by atoms with E-state index in [1.54, 1.807) is 6.07 Å². The van der Waals surface area contributed by atoms with Gasteiger partial charge in [0.2, 0.25) is 0 Å². The first-order chi connectivity index (χ1) is 16.1. The molecule has 1 fully saturated rings. The number of aliphatic hydroxyl groups is 2. The monoisotopic (exact) mass is 483 g/mol. The van der Waals surface area contributed by atoms with Crippen molar-refractivity contribution in [3.05, 3.63) is 52.8 Å². The van der Waals surface area contributed by atoms with E-state index >= 15 is 0 Å². The first-order valence-electron chi connectivity index (χ1n) is 10.8. The Bertz CT molecular complexity index is 1070. The van der Waals surface area contributed by atoms with Crippen LogP contribution in [0.2, 0.25) is 0 Å². The molecule has 7 nitrogen and oxygen atoms in total. The van der Waals surface area contributed by atoms with E-state index in [0.717, 1.165) is 20.0 Å². The number of nitrogens with zero attached hydrogens (tertiary/aromatic N) is 1. The fraction of sp³-hybridized carbons (Fsp3) is 0.435. The topological polar surface area (TPSA) is 94.1 Å². The molecule has 1 aliphatic heterocycles. The largest absolute Gasteiger partial charge is 0.494 e. The fourth-order valence-electron chi connectivity index (χ4n) is 4.57. The lowest BCUT2D eigenvalue weighted by molar-refractivity contribution is -0.207.